The fourth-order valence-corrected chi connectivity index (χ4v) is 6.17. The van der Waals surface area contributed by atoms with E-state index in [1.165, 1.54) is 11.6 Å². The van der Waals surface area contributed by atoms with E-state index in [-0.39, 0.29) is 17.5 Å². The first-order chi connectivity index (χ1) is 17.9. The number of fused-ring (bicyclic) bond motifs is 1. The van der Waals surface area contributed by atoms with E-state index >= 15 is 0 Å². The molecule has 0 N–H and O–H groups in total. The van der Waals surface area contributed by atoms with Crippen LogP contribution in [0.25, 0.3) is 5.70 Å². The van der Waals surface area contributed by atoms with Gasteiger partial charge in [-0.05, 0) is 23.8 Å². The van der Waals surface area contributed by atoms with Crippen molar-refractivity contribution in [1.29, 1.82) is 0 Å². The molecule has 2 unspecified atom stereocenters. The van der Waals surface area contributed by atoms with Crippen LogP contribution in [0.2, 0.25) is 0 Å². The Morgan fingerprint density at radius 3 is 2.65 bits per heavy atom. The lowest BCUT2D eigenvalue weighted by Crippen LogP contribution is -2.17. The van der Waals surface area contributed by atoms with E-state index in [2.05, 4.69) is 23.4 Å². The van der Waals surface area contributed by atoms with Gasteiger partial charge in [0.2, 0.25) is 5.75 Å². The van der Waals surface area contributed by atoms with E-state index in [4.69, 9.17) is 14.0 Å². The van der Waals surface area contributed by atoms with Crippen molar-refractivity contribution in [1.82, 2.24) is 9.57 Å². The van der Waals surface area contributed by atoms with Gasteiger partial charge in [-0.25, -0.2) is 0 Å². The molecule has 0 saturated carbocycles. The third kappa shape index (κ3) is 5.93. The molecule has 3 aromatic carbocycles. The molecule has 1 fully saturated rings. The Hall–Kier alpha value is -3.45. The molecule has 0 spiro atoms. The Morgan fingerprint density at radius 1 is 1.16 bits per heavy atom. The zero-order valence-electron chi connectivity index (χ0n) is 21.0. The summed E-state index contributed by atoms with van der Waals surface area (Å²) >= 11 is 0. The number of nitro benzene ring substituents is 1. The molecule has 192 valence electrons. The molecular formula is C28H30N3O5P. The number of nitrogens with zero attached hydrogens (tertiary/aromatic N) is 3. The maximum absolute atomic E-state index is 11.9. The van der Waals surface area contributed by atoms with Gasteiger partial charge in [-0.1, -0.05) is 49.0 Å². The van der Waals surface area contributed by atoms with Gasteiger partial charge < -0.3 is 18.9 Å². The summed E-state index contributed by atoms with van der Waals surface area (Å²) in [6, 6.07) is 20.9. The summed E-state index contributed by atoms with van der Waals surface area (Å²) in [7, 11) is 2.98. The average molecular weight is 520 g/mol. The number of hydrogen-bond acceptors (Lipinski definition) is 7. The Balaban J connectivity index is 1.43. The van der Waals surface area contributed by atoms with Crippen LogP contribution in [-0.4, -0.2) is 48.3 Å². The normalized spacial score (nSPS) is 17.3. The highest BCUT2D eigenvalue weighted by Gasteiger charge is 2.35. The Labute approximate surface area is 218 Å². The molecule has 5 rings (SSSR count). The number of rotatable bonds is 10. The molecule has 2 atom stereocenters. The molecule has 37 heavy (non-hydrogen) atoms. The van der Waals surface area contributed by atoms with Crippen molar-refractivity contribution in [2.24, 2.45) is 0 Å². The first-order valence-corrected chi connectivity index (χ1v) is 13.6. The van der Waals surface area contributed by atoms with E-state index in [1.54, 1.807) is 12.1 Å². The molecule has 0 radical (unpaired) electrons. The Morgan fingerprint density at radius 2 is 1.95 bits per heavy atom. The van der Waals surface area contributed by atoms with Crippen LogP contribution in [0.1, 0.15) is 29.2 Å². The van der Waals surface area contributed by atoms with Gasteiger partial charge in [0, 0.05) is 56.6 Å². The summed E-state index contributed by atoms with van der Waals surface area (Å²) in [5.41, 5.74) is 3.56. The van der Waals surface area contributed by atoms with Crippen molar-refractivity contribution in [2.75, 3.05) is 33.8 Å². The standard InChI is InChI=1S/C28H30N3O5P/c1-20(29(2)3)22-10-7-11-23(16-22)35-28-17-24-26(12-15-34-27(24)18-25(28)31(32)33)36-37(30-13-14-30)19-21-8-5-4-6-9-21/h4-11,16-18,26H,1,12-15,19H2,2-3H3. The number of nitro groups is 1. The topological polar surface area (TPSA) is 77.1 Å². The average Bonchev–Trinajstić information content (AvgIpc) is 3.74. The van der Waals surface area contributed by atoms with Crippen molar-refractivity contribution in [3.8, 4) is 17.2 Å². The molecular weight excluding hydrogens is 489 g/mol. The van der Waals surface area contributed by atoms with Crippen LogP contribution < -0.4 is 9.47 Å². The second-order valence-electron chi connectivity index (χ2n) is 9.27. The van der Waals surface area contributed by atoms with Crippen LogP contribution in [-0.2, 0) is 10.7 Å². The van der Waals surface area contributed by atoms with Crippen molar-refractivity contribution < 1.29 is 18.9 Å². The van der Waals surface area contributed by atoms with Gasteiger partial charge in [0.15, 0.2) is 0 Å². The van der Waals surface area contributed by atoms with Gasteiger partial charge in [-0.3, -0.25) is 14.8 Å². The highest BCUT2D eigenvalue weighted by molar-refractivity contribution is 7.49. The summed E-state index contributed by atoms with van der Waals surface area (Å²) in [4.78, 5) is 13.4. The minimum atomic E-state index is -0.839. The smallest absolute Gasteiger partial charge is 0.315 e. The third-order valence-corrected chi connectivity index (χ3v) is 8.52. The lowest BCUT2D eigenvalue weighted by Gasteiger charge is -2.30. The number of hydrogen-bond donors (Lipinski definition) is 0. The fraction of sp³-hybridized carbons (Fsp3) is 0.286. The number of ether oxygens (including phenoxy) is 2. The molecule has 0 aromatic heterocycles. The third-order valence-electron chi connectivity index (χ3n) is 6.36. The van der Waals surface area contributed by atoms with E-state index in [0.29, 0.717) is 24.5 Å². The molecule has 9 heteroatoms. The van der Waals surface area contributed by atoms with Gasteiger partial charge in [-0.15, -0.1) is 0 Å². The van der Waals surface area contributed by atoms with Gasteiger partial charge in [0.25, 0.3) is 0 Å². The molecule has 0 aliphatic carbocycles. The minimum absolute atomic E-state index is 0.145. The fourth-order valence-electron chi connectivity index (χ4n) is 4.19. The first kappa shape index (κ1) is 25.2. The zero-order valence-corrected chi connectivity index (χ0v) is 21.9. The predicted molar refractivity (Wildman–Crippen MR) is 145 cm³/mol. The summed E-state index contributed by atoms with van der Waals surface area (Å²) in [6.07, 6.45) is 1.27. The minimum Gasteiger partial charge on any atom is -0.493 e. The van der Waals surface area contributed by atoms with Crippen LogP contribution >= 0.6 is 8.30 Å². The molecule has 0 bridgehead atoms. The van der Waals surface area contributed by atoms with Crippen molar-refractivity contribution in [3.63, 3.8) is 0 Å². The lowest BCUT2D eigenvalue weighted by molar-refractivity contribution is -0.385. The number of benzene rings is 3. The van der Waals surface area contributed by atoms with Crippen molar-refractivity contribution in [3.05, 3.63) is 100 Å². The quantitative estimate of drug-likeness (QED) is 0.129. The molecule has 2 aliphatic heterocycles. The Kier molecular flexibility index (Phi) is 7.42. The lowest BCUT2D eigenvalue weighted by atomic mass is 10.0. The molecule has 3 aromatic rings. The van der Waals surface area contributed by atoms with Crippen LogP contribution in [0, 0.1) is 10.1 Å². The monoisotopic (exact) mass is 519 g/mol. The van der Waals surface area contributed by atoms with E-state index in [1.807, 2.05) is 55.4 Å². The maximum Gasteiger partial charge on any atom is 0.315 e. The van der Waals surface area contributed by atoms with E-state index in [9.17, 15) is 10.1 Å². The van der Waals surface area contributed by atoms with Crippen LogP contribution in [0.4, 0.5) is 5.69 Å². The van der Waals surface area contributed by atoms with Crippen LogP contribution in [0.3, 0.4) is 0 Å². The van der Waals surface area contributed by atoms with Gasteiger partial charge >= 0.3 is 5.69 Å². The summed E-state index contributed by atoms with van der Waals surface area (Å²) in [5, 5.41) is 11.9. The van der Waals surface area contributed by atoms with E-state index < -0.39 is 13.2 Å². The molecule has 1 saturated heterocycles. The summed E-state index contributed by atoms with van der Waals surface area (Å²) in [6.45, 7) is 6.58. The van der Waals surface area contributed by atoms with Crippen molar-refractivity contribution in [2.45, 2.75) is 18.7 Å². The molecule has 0 amide bonds. The summed E-state index contributed by atoms with van der Waals surface area (Å²) < 4.78 is 21.0. The zero-order chi connectivity index (χ0) is 25.9. The largest absolute Gasteiger partial charge is 0.493 e. The Bertz CT molecular complexity index is 1300. The molecule has 2 heterocycles. The highest BCUT2D eigenvalue weighted by Crippen LogP contribution is 2.55. The SMILES string of the molecule is C=C(c1cccc(Oc2cc3c(cc2[N+](=O)[O-])OCCC3OP(Cc2ccccc2)N2CC2)c1)N(C)C. The second-order valence-corrected chi connectivity index (χ2v) is 11.1. The van der Waals surface area contributed by atoms with Crippen molar-refractivity contribution >= 4 is 19.7 Å². The maximum atomic E-state index is 11.9. The van der Waals surface area contributed by atoms with Crippen LogP contribution in [0.15, 0.2) is 73.3 Å². The highest BCUT2D eigenvalue weighted by atomic mass is 31.2. The van der Waals surface area contributed by atoms with Gasteiger partial charge in [0.05, 0.1) is 23.7 Å². The predicted octanol–water partition coefficient (Wildman–Crippen LogP) is 6.59. The second kappa shape index (κ2) is 10.9. The summed E-state index contributed by atoms with van der Waals surface area (Å²) in [5.74, 6) is 1.13. The molecule has 2 aliphatic rings. The first-order valence-electron chi connectivity index (χ1n) is 12.2. The van der Waals surface area contributed by atoms with Gasteiger partial charge in [0.1, 0.15) is 19.8 Å². The van der Waals surface area contributed by atoms with Crippen LogP contribution in [0.5, 0.6) is 17.2 Å². The van der Waals surface area contributed by atoms with E-state index in [0.717, 1.165) is 36.1 Å². The van der Waals surface area contributed by atoms with Gasteiger partial charge in [-0.2, -0.15) is 0 Å². The molecule has 8 nitrogen and oxygen atoms in total.